The van der Waals surface area contributed by atoms with Gasteiger partial charge in [-0.1, -0.05) is 19.4 Å². The minimum Gasteiger partial charge on any atom is -0.289 e. The Kier molecular flexibility index (Phi) is 3.79. The fourth-order valence-corrected chi connectivity index (χ4v) is 3.68. The van der Waals surface area contributed by atoms with Gasteiger partial charge in [-0.2, -0.15) is 0 Å². The van der Waals surface area contributed by atoms with Crippen molar-refractivity contribution in [1.29, 1.82) is 0 Å². The van der Waals surface area contributed by atoms with Crippen LogP contribution in [0.5, 0.6) is 0 Å². The molecule has 106 valence electrons. The molecule has 0 aliphatic heterocycles. The number of rotatable bonds is 3. The number of halogens is 1. The van der Waals surface area contributed by atoms with Gasteiger partial charge in [-0.25, -0.2) is 0 Å². The van der Waals surface area contributed by atoms with E-state index in [1.165, 1.54) is 16.9 Å². The SMILES string of the molecule is CCCc1ccc2sc3cc(C(=O)Cl)ccc3c(=O)c2c1. The van der Waals surface area contributed by atoms with Crippen molar-refractivity contribution in [2.45, 2.75) is 19.8 Å². The van der Waals surface area contributed by atoms with Crippen molar-refractivity contribution < 1.29 is 4.79 Å². The topological polar surface area (TPSA) is 34.1 Å². The summed E-state index contributed by atoms with van der Waals surface area (Å²) in [4.78, 5) is 23.9. The molecule has 0 amide bonds. The number of fused-ring (bicyclic) bond motifs is 2. The maximum Gasteiger partial charge on any atom is 0.252 e. The summed E-state index contributed by atoms with van der Waals surface area (Å²) in [6, 6.07) is 11.0. The molecule has 4 heteroatoms. The monoisotopic (exact) mass is 316 g/mol. The van der Waals surface area contributed by atoms with Gasteiger partial charge in [0.25, 0.3) is 5.24 Å². The van der Waals surface area contributed by atoms with E-state index in [0.29, 0.717) is 10.9 Å². The molecule has 0 saturated carbocycles. The molecular formula is C17H13ClO2S. The fraction of sp³-hybridized carbons (Fsp3) is 0.176. The van der Waals surface area contributed by atoms with E-state index in [0.717, 1.165) is 27.6 Å². The zero-order valence-electron chi connectivity index (χ0n) is 11.5. The normalized spacial score (nSPS) is 11.1. The van der Waals surface area contributed by atoms with Crippen molar-refractivity contribution >= 4 is 48.4 Å². The van der Waals surface area contributed by atoms with Crippen molar-refractivity contribution in [2.75, 3.05) is 0 Å². The van der Waals surface area contributed by atoms with Gasteiger partial charge in [-0.05, 0) is 53.9 Å². The molecule has 3 aromatic rings. The molecule has 1 aromatic heterocycles. The van der Waals surface area contributed by atoms with E-state index < -0.39 is 5.24 Å². The molecule has 0 aliphatic rings. The van der Waals surface area contributed by atoms with Gasteiger partial charge in [-0.3, -0.25) is 9.59 Å². The highest BCUT2D eigenvalue weighted by Crippen LogP contribution is 2.26. The molecule has 21 heavy (non-hydrogen) atoms. The van der Waals surface area contributed by atoms with Crippen LogP contribution in [0.15, 0.2) is 41.2 Å². The number of benzene rings is 2. The highest BCUT2D eigenvalue weighted by molar-refractivity contribution is 7.24. The number of hydrogen-bond acceptors (Lipinski definition) is 3. The number of carbonyl (C=O) groups is 1. The van der Waals surface area contributed by atoms with Gasteiger partial charge in [-0.15, -0.1) is 11.3 Å². The van der Waals surface area contributed by atoms with Crippen molar-refractivity contribution in [3.05, 3.63) is 57.7 Å². The van der Waals surface area contributed by atoms with Gasteiger partial charge < -0.3 is 0 Å². The van der Waals surface area contributed by atoms with E-state index in [4.69, 9.17) is 11.6 Å². The Morgan fingerprint density at radius 1 is 1.10 bits per heavy atom. The molecular weight excluding hydrogens is 304 g/mol. The number of aryl methyl sites for hydroxylation is 1. The first-order valence-electron chi connectivity index (χ1n) is 6.79. The summed E-state index contributed by atoms with van der Waals surface area (Å²) in [5.74, 6) is 0. The molecule has 2 aromatic carbocycles. The second kappa shape index (κ2) is 5.58. The lowest BCUT2D eigenvalue weighted by Crippen LogP contribution is -2.02. The smallest absolute Gasteiger partial charge is 0.252 e. The molecule has 3 rings (SSSR count). The van der Waals surface area contributed by atoms with Crippen LogP contribution in [-0.4, -0.2) is 5.24 Å². The molecule has 0 atom stereocenters. The Labute approximate surface area is 131 Å². The van der Waals surface area contributed by atoms with E-state index in [-0.39, 0.29) is 5.43 Å². The van der Waals surface area contributed by atoms with Crippen molar-refractivity contribution in [1.82, 2.24) is 0 Å². The molecule has 2 nitrogen and oxygen atoms in total. The minimum absolute atomic E-state index is 0.0188. The van der Waals surface area contributed by atoms with Gasteiger partial charge in [0.05, 0.1) is 0 Å². The maximum absolute atomic E-state index is 12.6. The molecule has 0 radical (unpaired) electrons. The van der Waals surface area contributed by atoms with E-state index in [1.54, 1.807) is 18.2 Å². The predicted molar refractivity (Wildman–Crippen MR) is 89.8 cm³/mol. The summed E-state index contributed by atoms with van der Waals surface area (Å²) < 4.78 is 1.73. The number of hydrogen-bond donors (Lipinski definition) is 0. The summed E-state index contributed by atoms with van der Waals surface area (Å²) in [6.07, 6.45) is 2.02. The van der Waals surface area contributed by atoms with E-state index in [9.17, 15) is 9.59 Å². The third kappa shape index (κ3) is 2.59. The van der Waals surface area contributed by atoms with Crippen molar-refractivity contribution in [2.24, 2.45) is 0 Å². The summed E-state index contributed by atoms with van der Waals surface area (Å²) in [5, 5.41) is 0.890. The van der Waals surface area contributed by atoms with Crippen LogP contribution in [0, 0.1) is 0 Å². The molecule has 1 heterocycles. The molecule has 0 bridgehead atoms. The molecule has 0 fully saturated rings. The van der Waals surface area contributed by atoms with Crippen molar-refractivity contribution in [3.8, 4) is 0 Å². The summed E-state index contributed by atoms with van der Waals surface area (Å²) in [7, 11) is 0. The predicted octanol–water partition coefficient (Wildman–Crippen LogP) is 4.75. The average molecular weight is 317 g/mol. The molecule has 0 spiro atoms. The highest BCUT2D eigenvalue weighted by atomic mass is 35.5. The van der Waals surface area contributed by atoms with Gasteiger partial charge >= 0.3 is 0 Å². The first kappa shape index (κ1) is 14.2. The molecule has 0 saturated heterocycles. The zero-order chi connectivity index (χ0) is 15.0. The van der Waals surface area contributed by atoms with Crippen LogP contribution in [-0.2, 0) is 6.42 Å². The van der Waals surface area contributed by atoms with Gasteiger partial charge in [0.1, 0.15) is 0 Å². The first-order valence-corrected chi connectivity index (χ1v) is 7.99. The molecule has 0 aliphatic carbocycles. The Morgan fingerprint density at radius 2 is 1.90 bits per heavy atom. The number of carbonyl (C=O) groups excluding carboxylic acids is 1. The standard InChI is InChI=1S/C17H13ClO2S/c1-2-3-10-4-7-14-13(8-10)16(19)12-6-5-11(17(18)20)9-15(12)21-14/h4-9H,2-3H2,1H3. The van der Waals surface area contributed by atoms with Crippen LogP contribution in [0.1, 0.15) is 29.3 Å². The largest absolute Gasteiger partial charge is 0.289 e. The van der Waals surface area contributed by atoms with Crippen LogP contribution >= 0.6 is 22.9 Å². The lowest BCUT2D eigenvalue weighted by atomic mass is 10.1. The molecule has 0 N–H and O–H groups in total. The average Bonchev–Trinajstić information content (AvgIpc) is 2.48. The minimum atomic E-state index is -0.505. The Hall–Kier alpha value is -1.71. The summed E-state index contributed by atoms with van der Waals surface area (Å²) in [5.41, 5.74) is 1.62. The van der Waals surface area contributed by atoms with Gasteiger partial charge in [0.15, 0.2) is 5.43 Å². The highest BCUT2D eigenvalue weighted by Gasteiger charge is 2.09. The van der Waals surface area contributed by atoms with Crippen LogP contribution in [0.4, 0.5) is 0 Å². The lowest BCUT2D eigenvalue weighted by molar-refractivity contribution is 0.108. The van der Waals surface area contributed by atoms with Gasteiger partial charge in [0, 0.05) is 25.7 Å². The molecule has 0 unspecified atom stereocenters. The Morgan fingerprint density at radius 3 is 2.62 bits per heavy atom. The van der Waals surface area contributed by atoms with Crippen molar-refractivity contribution in [3.63, 3.8) is 0 Å². The van der Waals surface area contributed by atoms with Crippen LogP contribution in [0.3, 0.4) is 0 Å². The second-order valence-corrected chi connectivity index (χ2v) is 6.42. The summed E-state index contributed by atoms with van der Waals surface area (Å²) >= 11 is 7.02. The zero-order valence-corrected chi connectivity index (χ0v) is 13.1. The lowest BCUT2D eigenvalue weighted by Gasteiger charge is -2.04. The van der Waals surface area contributed by atoms with Crippen LogP contribution in [0.25, 0.3) is 20.2 Å². The van der Waals surface area contributed by atoms with E-state index in [2.05, 4.69) is 13.0 Å². The fourth-order valence-electron chi connectivity index (χ4n) is 2.47. The summed E-state index contributed by atoms with van der Waals surface area (Å²) in [6.45, 7) is 2.12. The van der Waals surface area contributed by atoms with Gasteiger partial charge in [0.2, 0.25) is 0 Å². The Bertz CT molecular complexity index is 912. The third-order valence-electron chi connectivity index (χ3n) is 3.50. The Balaban J connectivity index is 2.32. The quantitative estimate of drug-likeness (QED) is 0.516. The first-order chi connectivity index (χ1) is 10.1. The van der Waals surface area contributed by atoms with Crippen LogP contribution in [0.2, 0.25) is 0 Å². The van der Waals surface area contributed by atoms with E-state index >= 15 is 0 Å². The van der Waals surface area contributed by atoms with Crippen LogP contribution < -0.4 is 5.43 Å². The third-order valence-corrected chi connectivity index (χ3v) is 4.85. The van der Waals surface area contributed by atoms with E-state index in [1.807, 2.05) is 12.1 Å². The maximum atomic E-state index is 12.6. The second-order valence-electron chi connectivity index (χ2n) is 5.00.